The molecule has 0 aromatic heterocycles. The largest absolute Gasteiger partial charge is 0.0622 e. The Balaban J connectivity index is 1.94. The van der Waals surface area contributed by atoms with Crippen LogP contribution in [-0.2, 0) is 5.41 Å². The molecule has 0 amide bonds. The molecule has 5 aromatic carbocycles. The highest BCUT2D eigenvalue weighted by molar-refractivity contribution is 5.58. The Morgan fingerprint density at radius 2 is 0.727 bits per heavy atom. The van der Waals surface area contributed by atoms with Crippen LogP contribution in [0.15, 0.2) is 146 Å². The summed E-state index contributed by atoms with van der Waals surface area (Å²) in [5, 5.41) is 0. The lowest BCUT2D eigenvalue weighted by Gasteiger charge is -2.43. The highest BCUT2D eigenvalue weighted by atomic mass is 14.5. The first-order valence-corrected chi connectivity index (χ1v) is 11.6. The molecule has 0 fully saturated rings. The normalized spacial score (nSPS) is 12.3. The van der Waals surface area contributed by atoms with Gasteiger partial charge in [-0.2, -0.15) is 0 Å². The molecule has 0 saturated heterocycles. The number of rotatable bonds is 6. The van der Waals surface area contributed by atoms with E-state index in [0.717, 1.165) is 0 Å². The van der Waals surface area contributed by atoms with E-state index in [-0.39, 0.29) is 5.92 Å². The second kappa shape index (κ2) is 9.30. The van der Waals surface area contributed by atoms with Crippen molar-refractivity contribution < 1.29 is 0 Å². The van der Waals surface area contributed by atoms with Crippen molar-refractivity contribution in [1.82, 2.24) is 0 Å². The fourth-order valence-electron chi connectivity index (χ4n) is 5.20. The molecule has 160 valence electrons. The predicted octanol–water partition coefficient (Wildman–Crippen LogP) is 8.16. The van der Waals surface area contributed by atoms with Gasteiger partial charge in [-0.05, 0) is 34.7 Å². The molecule has 0 heteroatoms. The predicted molar refractivity (Wildman–Crippen MR) is 139 cm³/mol. The van der Waals surface area contributed by atoms with Crippen LogP contribution in [0.1, 0.15) is 39.3 Å². The standard InChI is InChI=1S/C33H28/c1-26-22-24-28(25-23-26)32(27-14-6-2-7-15-27)33(29-16-8-3-9-17-29,30-18-10-4-11-19-30)31-20-12-5-13-21-31/h2-25,32H,1H3. The maximum atomic E-state index is 2.30. The Morgan fingerprint density at radius 3 is 1.12 bits per heavy atom. The highest BCUT2D eigenvalue weighted by Gasteiger charge is 2.45. The lowest BCUT2D eigenvalue weighted by molar-refractivity contribution is 0.537. The van der Waals surface area contributed by atoms with Crippen LogP contribution in [0, 0.1) is 6.92 Å². The third-order valence-electron chi connectivity index (χ3n) is 6.66. The summed E-state index contributed by atoms with van der Waals surface area (Å²) in [4.78, 5) is 0. The van der Waals surface area contributed by atoms with E-state index in [1.165, 1.54) is 33.4 Å². The van der Waals surface area contributed by atoms with Crippen molar-refractivity contribution in [2.24, 2.45) is 0 Å². The van der Waals surface area contributed by atoms with Gasteiger partial charge in [0.2, 0.25) is 0 Å². The van der Waals surface area contributed by atoms with Gasteiger partial charge in [-0.15, -0.1) is 0 Å². The lowest BCUT2D eigenvalue weighted by Crippen LogP contribution is -2.37. The fourth-order valence-corrected chi connectivity index (χ4v) is 5.20. The third kappa shape index (κ3) is 3.90. The van der Waals surface area contributed by atoms with Crippen molar-refractivity contribution in [3.8, 4) is 0 Å². The molecule has 1 unspecified atom stereocenters. The molecule has 0 aliphatic heterocycles. The maximum absolute atomic E-state index is 2.30. The van der Waals surface area contributed by atoms with E-state index in [9.17, 15) is 0 Å². The van der Waals surface area contributed by atoms with Gasteiger partial charge < -0.3 is 0 Å². The van der Waals surface area contributed by atoms with Crippen LogP contribution in [0.3, 0.4) is 0 Å². The topological polar surface area (TPSA) is 0 Å². The van der Waals surface area contributed by atoms with Crippen molar-refractivity contribution in [2.75, 3.05) is 0 Å². The lowest BCUT2D eigenvalue weighted by atomic mass is 9.58. The monoisotopic (exact) mass is 424 g/mol. The van der Waals surface area contributed by atoms with Gasteiger partial charge in [0.25, 0.3) is 0 Å². The summed E-state index contributed by atoms with van der Waals surface area (Å²) < 4.78 is 0. The first-order chi connectivity index (χ1) is 16.3. The zero-order chi connectivity index (χ0) is 22.5. The van der Waals surface area contributed by atoms with Crippen molar-refractivity contribution in [3.63, 3.8) is 0 Å². The molecular formula is C33H28. The molecule has 1 atom stereocenters. The van der Waals surface area contributed by atoms with Crippen molar-refractivity contribution >= 4 is 0 Å². The molecule has 5 rings (SSSR count). The summed E-state index contributed by atoms with van der Waals surface area (Å²) in [7, 11) is 0. The van der Waals surface area contributed by atoms with Crippen LogP contribution >= 0.6 is 0 Å². The Bertz CT molecular complexity index is 1180. The van der Waals surface area contributed by atoms with Crippen LogP contribution in [0.2, 0.25) is 0 Å². The molecule has 33 heavy (non-hydrogen) atoms. The summed E-state index contributed by atoms with van der Waals surface area (Å²) in [5.41, 5.74) is 7.35. The summed E-state index contributed by atoms with van der Waals surface area (Å²) in [6.07, 6.45) is 0. The van der Waals surface area contributed by atoms with Gasteiger partial charge in [0, 0.05) is 5.92 Å². The van der Waals surface area contributed by atoms with E-state index in [0.29, 0.717) is 0 Å². The summed E-state index contributed by atoms with van der Waals surface area (Å²) >= 11 is 0. The number of hydrogen-bond donors (Lipinski definition) is 0. The van der Waals surface area contributed by atoms with E-state index in [1.807, 2.05) is 0 Å². The van der Waals surface area contributed by atoms with Gasteiger partial charge in [0.15, 0.2) is 0 Å². The van der Waals surface area contributed by atoms with Crippen LogP contribution in [0.5, 0.6) is 0 Å². The molecule has 0 nitrogen and oxygen atoms in total. The van der Waals surface area contributed by atoms with Gasteiger partial charge in [-0.25, -0.2) is 0 Å². The van der Waals surface area contributed by atoms with Crippen molar-refractivity contribution in [2.45, 2.75) is 18.3 Å². The van der Waals surface area contributed by atoms with E-state index >= 15 is 0 Å². The summed E-state index contributed by atoms with van der Waals surface area (Å²) in [5.74, 6) is 0.0894. The van der Waals surface area contributed by atoms with Gasteiger partial charge in [-0.3, -0.25) is 0 Å². The molecule has 0 saturated carbocycles. The molecule has 0 radical (unpaired) electrons. The molecule has 0 N–H and O–H groups in total. The average molecular weight is 425 g/mol. The number of aryl methyl sites for hydroxylation is 1. The van der Waals surface area contributed by atoms with Gasteiger partial charge in [-0.1, -0.05) is 151 Å². The number of hydrogen-bond acceptors (Lipinski definition) is 0. The minimum absolute atomic E-state index is 0.0894. The van der Waals surface area contributed by atoms with E-state index < -0.39 is 5.41 Å². The quantitative estimate of drug-likeness (QED) is 0.241. The van der Waals surface area contributed by atoms with Crippen molar-refractivity contribution in [3.05, 3.63) is 179 Å². The van der Waals surface area contributed by atoms with Crippen LogP contribution in [0.25, 0.3) is 0 Å². The molecule has 0 aliphatic carbocycles. The Morgan fingerprint density at radius 1 is 0.394 bits per heavy atom. The molecule has 0 aliphatic rings. The first kappa shape index (κ1) is 21.0. The fraction of sp³-hybridized carbons (Fsp3) is 0.0909. The summed E-state index contributed by atoms with van der Waals surface area (Å²) in [6, 6.07) is 53.0. The van der Waals surface area contributed by atoms with Gasteiger partial charge in [0.1, 0.15) is 0 Å². The zero-order valence-electron chi connectivity index (χ0n) is 18.9. The number of benzene rings is 5. The Kier molecular flexibility index (Phi) is 5.91. The molecule has 0 bridgehead atoms. The van der Waals surface area contributed by atoms with E-state index in [2.05, 4.69) is 153 Å². The van der Waals surface area contributed by atoms with Crippen LogP contribution in [-0.4, -0.2) is 0 Å². The van der Waals surface area contributed by atoms with Crippen LogP contribution in [0.4, 0.5) is 0 Å². The Labute approximate surface area is 197 Å². The smallest absolute Gasteiger partial charge is 0.0560 e. The van der Waals surface area contributed by atoms with Crippen molar-refractivity contribution in [1.29, 1.82) is 0 Å². The SMILES string of the molecule is Cc1ccc(C(c2ccccc2)C(c2ccccc2)(c2ccccc2)c2ccccc2)cc1. The average Bonchev–Trinajstić information content (AvgIpc) is 2.90. The van der Waals surface area contributed by atoms with Gasteiger partial charge in [0.05, 0.1) is 5.41 Å². The Hall–Kier alpha value is -3.90. The molecular weight excluding hydrogens is 396 g/mol. The maximum Gasteiger partial charge on any atom is 0.0560 e. The summed E-state index contributed by atoms with van der Waals surface area (Å²) in [6.45, 7) is 2.15. The van der Waals surface area contributed by atoms with E-state index in [1.54, 1.807) is 0 Å². The molecule has 0 spiro atoms. The van der Waals surface area contributed by atoms with Crippen LogP contribution < -0.4 is 0 Å². The zero-order valence-corrected chi connectivity index (χ0v) is 18.9. The first-order valence-electron chi connectivity index (χ1n) is 11.6. The highest BCUT2D eigenvalue weighted by Crippen LogP contribution is 2.52. The second-order valence-electron chi connectivity index (χ2n) is 8.66. The van der Waals surface area contributed by atoms with Gasteiger partial charge >= 0.3 is 0 Å². The second-order valence-corrected chi connectivity index (χ2v) is 8.66. The minimum Gasteiger partial charge on any atom is -0.0622 e. The molecule has 0 heterocycles. The van der Waals surface area contributed by atoms with E-state index in [4.69, 9.17) is 0 Å². The third-order valence-corrected chi connectivity index (χ3v) is 6.66. The molecule has 5 aromatic rings. The minimum atomic E-state index is -0.402.